The molecular weight excluding hydrogens is 436 g/mol. The summed E-state index contributed by atoms with van der Waals surface area (Å²) in [7, 11) is 0. The normalized spacial score (nSPS) is 10.7. The largest absolute Gasteiger partial charge is 0.324 e. The number of aryl methyl sites for hydroxylation is 1. The van der Waals surface area contributed by atoms with Gasteiger partial charge in [-0.1, -0.05) is 60.7 Å². The quantitative estimate of drug-likeness (QED) is 0.287. The molecule has 5 rings (SSSR count). The number of carbonyl (C=O) groups excluding carboxylic acids is 2. The molecule has 0 aliphatic heterocycles. The average molecular weight is 459 g/mol. The number of fused-ring (bicyclic) bond motifs is 1. The highest BCUT2D eigenvalue weighted by molar-refractivity contribution is 6.05. The maximum atomic E-state index is 12.7. The Morgan fingerprint density at radius 3 is 2.34 bits per heavy atom. The first-order valence-electron chi connectivity index (χ1n) is 11.2. The first kappa shape index (κ1) is 22.0. The van der Waals surface area contributed by atoms with Crippen molar-refractivity contribution in [3.8, 4) is 11.3 Å². The molecule has 0 radical (unpaired) electrons. The third-order valence-corrected chi connectivity index (χ3v) is 5.70. The lowest BCUT2D eigenvalue weighted by molar-refractivity contribution is 0.102. The van der Waals surface area contributed by atoms with Gasteiger partial charge in [0.15, 0.2) is 0 Å². The summed E-state index contributed by atoms with van der Waals surface area (Å²) >= 11 is 0. The average Bonchev–Trinajstić information content (AvgIpc) is 2.90. The van der Waals surface area contributed by atoms with E-state index in [1.54, 1.807) is 30.3 Å². The minimum atomic E-state index is -0.254. The fraction of sp³-hybridized carbons (Fsp3) is 0.0345. The van der Waals surface area contributed by atoms with E-state index in [4.69, 9.17) is 4.98 Å². The second-order valence-corrected chi connectivity index (χ2v) is 8.13. The third kappa shape index (κ3) is 4.77. The van der Waals surface area contributed by atoms with E-state index >= 15 is 0 Å². The number of hydrogen-bond donors (Lipinski definition) is 2. The lowest BCUT2D eigenvalue weighted by Crippen LogP contribution is -2.13. The fourth-order valence-corrected chi connectivity index (χ4v) is 3.82. The summed E-state index contributed by atoms with van der Waals surface area (Å²) in [4.78, 5) is 33.2. The van der Waals surface area contributed by atoms with Gasteiger partial charge in [-0.05, 0) is 48.9 Å². The molecule has 0 fully saturated rings. The van der Waals surface area contributed by atoms with Crippen molar-refractivity contribution in [1.29, 1.82) is 0 Å². The van der Waals surface area contributed by atoms with Gasteiger partial charge in [0.1, 0.15) is 6.29 Å². The van der Waals surface area contributed by atoms with Crippen LogP contribution >= 0.6 is 0 Å². The molecule has 0 spiro atoms. The molecule has 5 aromatic rings. The van der Waals surface area contributed by atoms with E-state index in [0.717, 1.165) is 39.7 Å². The minimum absolute atomic E-state index is 0.254. The maximum absolute atomic E-state index is 12.7. The van der Waals surface area contributed by atoms with Crippen LogP contribution in [-0.2, 0) is 0 Å². The smallest absolute Gasteiger partial charge is 0.255 e. The molecule has 35 heavy (non-hydrogen) atoms. The van der Waals surface area contributed by atoms with Gasteiger partial charge in [0, 0.05) is 33.5 Å². The third-order valence-electron chi connectivity index (χ3n) is 5.70. The Hall–Kier alpha value is -4.84. The zero-order valence-corrected chi connectivity index (χ0v) is 19.0. The number of rotatable bonds is 6. The Morgan fingerprint density at radius 2 is 1.57 bits per heavy atom. The van der Waals surface area contributed by atoms with Crippen LogP contribution in [0.2, 0.25) is 0 Å². The molecule has 170 valence electrons. The van der Waals surface area contributed by atoms with Crippen molar-refractivity contribution in [2.75, 3.05) is 10.6 Å². The molecule has 0 aliphatic rings. The Balaban J connectivity index is 1.38. The number of nitrogens with zero attached hydrogens (tertiary/aromatic N) is 2. The first-order chi connectivity index (χ1) is 17.1. The molecule has 0 saturated carbocycles. The molecule has 0 aliphatic carbocycles. The number of aromatic nitrogens is 2. The highest BCUT2D eigenvalue weighted by Crippen LogP contribution is 2.28. The van der Waals surface area contributed by atoms with Crippen molar-refractivity contribution in [3.63, 3.8) is 0 Å². The Morgan fingerprint density at radius 1 is 0.829 bits per heavy atom. The monoisotopic (exact) mass is 458 g/mol. The summed E-state index contributed by atoms with van der Waals surface area (Å²) in [6.45, 7) is 1.88. The van der Waals surface area contributed by atoms with E-state index in [2.05, 4.69) is 15.6 Å². The second-order valence-electron chi connectivity index (χ2n) is 8.13. The Kier molecular flexibility index (Phi) is 6.01. The molecule has 0 saturated heterocycles. The Labute approximate surface area is 202 Å². The van der Waals surface area contributed by atoms with Gasteiger partial charge in [-0.15, -0.1) is 0 Å². The standard InChI is InChI=1S/C29H22N4O2/c1-19-11-12-20(18-34)17-26(19)31-28(35)22-13-15-23(16-14-22)30-29-32-25-10-6-5-9-24(25)27(33-29)21-7-3-2-4-8-21/h2-18H,1H3,(H,31,35)(H,30,32,33). The zero-order valence-electron chi connectivity index (χ0n) is 19.0. The summed E-state index contributed by atoms with van der Waals surface area (Å²) in [5.74, 6) is 0.220. The fourth-order valence-electron chi connectivity index (χ4n) is 3.82. The van der Waals surface area contributed by atoms with Crippen molar-refractivity contribution < 1.29 is 9.59 Å². The van der Waals surface area contributed by atoms with Gasteiger partial charge in [0.2, 0.25) is 5.95 Å². The van der Waals surface area contributed by atoms with Gasteiger partial charge in [-0.2, -0.15) is 0 Å². The highest BCUT2D eigenvalue weighted by atomic mass is 16.1. The summed E-state index contributed by atoms with van der Waals surface area (Å²) in [5.41, 5.74) is 5.96. The van der Waals surface area contributed by atoms with Crippen molar-refractivity contribution in [2.45, 2.75) is 6.92 Å². The van der Waals surface area contributed by atoms with Crippen LogP contribution in [0.15, 0.2) is 97.1 Å². The van der Waals surface area contributed by atoms with Gasteiger partial charge in [0.05, 0.1) is 11.2 Å². The molecule has 6 nitrogen and oxygen atoms in total. The van der Waals surface area contributed by atoms with Crippen LogP contribution in [0, 0.1) is 6.92 Å². The van der Waals surface area contributed by atoms with E-state index in [1.165, 1.54) is 0 Å². The molecule has 1 amide bonds. The lowest BCUT2D eigenvalue weighted by Gasteiger charge is -2.11. The Bertz CT molecular complexity index is 1530. The lowest BCUT2D eigenvalue weighted by atomic mass is 10.1. The van der Waals surface area contributed by atoms with E-state index in [0.29, 0.717) is 22.8 Å². The van der Waals surface area contributed by atoms with Gasteiger partial charge >= 0.3 is 0 Å². The topological polar surface area (TPSA) is 84.0 Å². The number of anilines is 3. The predicted octanol–water partition coefficient (Wildman–Crippen LogP) is 6.41. The first-order valence-corrected chi connectivity index (χ1v) is 11.2. The molecule has 6 heteroatoms. The van der Waals surface area contributed by atoms with Gasteiger partial charge in [0.25, 0.3) is 5.91 Å². The summed E-state index contributed by atoms with van der Waals surface area (Å²) < 4.78 is 0. The van der Waals surface area contributed by atoms with Gasteiger partial charge in [-0.25, -0.2) is 9.97 Å². The van der Waals surface area contributed by atoms with Crippen LogP contribution < -0.4 is 10.6 Å². The minimum Gasteiger partial charge on any atom is -0.324 e. The molecule has 1 aromatic heterocycles. The zero-order chi connectivity index (χ0) is 24.2. The SMILES string of the molecule is Cc1ccc(C=O)cc1NC(=O)c1ccc(Nc2nc(-c3ccccc3)c3ccccc3n2)cc1. The van der Waals surface area contributed by atoms with Gasteiger partial charge < -0.3 is 10.6 Å². The second kappa shape index (κ2) is 9.57. The number of benzene rings is 4. The number of amides is 1. The van der Waals surface area contributed by atoms with Crippen LogP contribution in [0.3, 0.4) is 0 Å². The number of aldehydes is 1. The summed E-state index contributed by atoms with van der Waals surface area (Å²) in [6, 6.07) is 30.2. The van der Waals surface area contributed by atoms with Crippen molar-refractivity contribution in [2.24, 2.45) is 0 Å². The predicted molar refractivity (Wildman–Crippen MR) is 139 cm³/mol. The van der Waals surface area contributed by atoms with Crippen LogP contribution in [-0.4, -0.2) is 22.2 Å². The van der Waals surface area contributed by atoms with E-state index < -0.39 is 0 Å². The molecule has 1 heterocycles. The van der Waals surface area contributed by atoms with E-state index in [9.17, 15) is 9.59 Å². The van der Waals surface area contributed by atoms with Crippen molar-refractivity contribution in [3.05, 3.63) is 114 Å². The van der Waals surface area contributed by atoms with Crippen molar-refractivity contribution >= 4 is 40.4 Å². The van der Waals surface area contributed by atoms with E-state index in [-0.39, 0.29) is 5.91 Å². The van der Waals surface area contributed by atoms with Crippen LogP contribution in [0.4, 0.5) is 17.3 Å². The summed E-state index contributed by atoms with van der Waals surface area (Å²) in [5, 5.41) is 7.10. The van der Waals surface area contributed by atoms with Gasteiger partial charge in [-0.3, -0.25) is 9.59 Å². The molecular formula is C29H22N4O2. The number of hydrogen-bond acceptors (Lipinski definition) is 5. The highest BCUT2D eigenvalue weighted by Gasteiger charge is 2.11. The van der Waals surface area contributed by atoms with Crippen molar-refractivity contribution in [1.82, 2.24) is 9.97 Å². The number of carbonyl (C=O) groups is 2. The van der Waals surface area contributed by atoms with Crippen LogP contribution in [0.25, 0.3) is 22.2 Å². The number of nitrogens with one attached hydrogen (secondary N) is 2. The van der Waals surface area contributed by atoms with E-state index in [1.807, 2.05) is 73.7 Å². The molecule has 0 bridgehead atoms. The molecule has 4 aromatic carbocycles. The molecule has 0 atom stereocenters. The molecule has 0 unspecified atom stereocenters. The number of para-hydroxylation sites is 1. The summed E-state index contributed by atoms with van der Waals surface area (Å²) in [6.07, 6.45) is 0.758. The molecule has 2 N–H and O–H groups in total. The maximum Gasteiger partial charge on any atom is 0.255 e. The van der Waals surface area contributed by atoms with Crippen LogP contribution in [0.1, 0.15) is 26.3 Å². The van der Waals surface area contributed by atoms with Crippen LogP contribution in [0.5, 0.6) is 0 Å².